The lowest BCUT2D eigenvalue weighted by atomic mass is 9.32. The number of nitrogens with one attached hydrogen (secondary N) is 1. The number of hydrogen-bond acceptors (Lipinski definition) is 5. The van der Waals surface area contributed by atoms with E-state index in [-0.39, 0.29) is 39.0 Å². The molecule has 7 atom stereocenters. The third kappa shape index (κ3) is 4.58. The third-order valence-electron chi connectivity index (χ3n) is 15.5. The van der Waals surface area contributed by atoms with Gasteiger partial charge in [0, 0.05) is 23.4 Å². The molecule has 0 aromatic carbocycles. The van der Waals surface area contributed by atoms with Crippen molar-refractivity contribution in [3.8, 4) is 5.88 Å². The molecule has 0 aliphatic heterocycles. The first-order chi connectivity index (χ1) is 22.6. The van der Waals surface area contributed by atoms with Gasteiger partial charge in [0.2, 0.25) is 5.88 Å². The molecule has 1 unspecified atom stereocenters. The Morgan fingerprint density at radius 1 is 1.00 bits per heavy atom. The minimum absolute atomic E-state index is 0.00148. The number of fused-ring (bicyclic) bond motifs is 8. The number of unbranched alkanes of at least 4 members (excludes halogenated alkanes) is 1. The van der Waals surface area contributed by atoms with Gasteiger partial charge >= 0.3 is 5.97 Å². The van der Waals surface area contributed by atoms with Crippen molar-refractivity contribution < 1.29 is 14.3 Å². The van der Waals surface area contributed by atoms with E-state index in [1.807, 2.05) is 6.07 Å². The fourth-order valence-corrected chi connectivity index (χ4v) is 12.7. The monoisotopic (exact) mass is 655 g/mol. The summed E-state index contributed by atoms with van der Waals surface area (Å²) in [6, 6.07) is 4.27. The molecule has 0 spiro atoms. The number of methoxy groups -OCH3 is 1. The van der Waals surface area contributed by atoms with Crippen molar-refractivity contribution in [3.05, 3.63) is 46.4 Å². The molecule has 7 rings (SSSR count). The van der Waals surface area contributed by atoms with Crippen LogP contribution in [0.25, 0.3) is 5.57 Å². The molecule has 0 saturated heterocycles. The van der Waals surface area contributed by atoms with Crippen molar-refractivity contribution in [1.29, 1.82) is 0 Å². The molecule has 48 heavy (non-hydrogen) atoms. The number of ether oxygens (including phenoxy) is 2. The van der Waals surface area contributed by atoms with Gasteiger partial charge in [-0.2, -0.15) is 5.10 Å². The van der Waals surface area contributed by atoms with Gasteiger partial charge in [0.1, 0.15) is 0 Å². The van der Waals surface area contributed by atoms with Crippen LogP contribution in [0.15, 0.2) is 23.9 Å². The van der Waals surface area contributed by atoms with Gasteiger partial charge in [-0.1, -0.05) is 67.4 Å². The highest BCUT2D eigenvalue weighted by Crippen LogP contribution is 2.77. The molecular formula is C42H61N3O3. The number of allylic oxidation sites excluding steroid dienone is 2. The topological polar surface area (TPSA) is 77.1 Å². The van der Waals surface area contributed by atoms with E-state index >= 15 is 0 Å². The number of aryl methyl sites for hydroxylation is 1. The predicted octanol–water partition coefficient (Wildman–Crippen LogP) is 9.81. The average Bonchev–Trinajstić information content (AvgIpc) is 3.41. The number of pyridine rings is 1. The molecule has 0 bridgehead atoms. The maximum atomic E-state index is 14.5. The highest BCUT2D eigenvalue weighted by molar-refractivity contribution is 5.81. The lowest BCUT2D eigenvalue weighted by molar-refractivity contribution is -0.180. The minimum Gasteiger partial charge on any atom is -0.481 e. The maximum Gasteiger partial charge on any atom is 0.312 e. The highest BCUT2D eigenvalue weighted by Gasteiger charge is 2.70. The van der Waals surface area contributed by atoms with Crippen molar-refractivity contribution in [2.45, 2.75) is 138 Å². The SMILES string of the molecule is CCCCOC(=O)[C@]12CCC(C)(C)C[C@H]1C1=C(c3ccc(OC)nc3)CC3[C@@]4(C)Cc5c(n[nH]c5C)C(C)(C)[C@@H]4CC[C@@]3(C)[C@]1(C)CC2. The van der Waals surface area contributed by atoms with E-state index in [0.29, 0.717) is 24.3 Å². The van der Waals surface area contributed by atoms with Gasteiger partial charge < -0.3 is 9.47 Å². The molecule has 5 aliphatic rings. The van der Waals surface area contributed by atoms with Crippen molar-refractivity contribution in [1.82, 2.24) is 15.2 Å². The molecule has 3 fully saturated rings. The van der Waals surface area contributed by atoms with Gasteiger partial charge in [-0.3, -0.25) is 9.89 Å². The predicted molar refractivity (Wildman–Crippen MR) is 192 cm³/mol. The third-order valence-corrected chi connectivity index (χ3v) is 15.5. The maximum absolute atomic E-state index is 14.5. The smallest absolute Gasteiger partial charge is 0.312 e. The number of carbonyl (C=O) groups excluding carboxylic acids is 1. The van der Waals surface area contributed by atoms with Crippen LogP contribution in [0.2, 0.25) is 0 Å². The van der Waals surface area contributed by atoms with E-state index in [1.165, 1.54) is 40.9 Å². The van der Waals surface area contributed by atoms with Crippen molar-refractivity contribution in [2.24, 2.45) is 44.8 Å². The lowest BCUT2D eigenvalue weighted by Gasteiger charge is -2.71. The Balaban J connectivity index is 1.44. The number of aromatic nitrogens is 3. The Hall–Kier alpha value is -2.63. The van der Waals surface area contributed by atoms with Gasteiger partial charge in [-0.05, 0) is 133 Å². The fraction of sp³-hybridized carbons (Fsp3) is 0.738. The molecule has 5 aliphatic carbocycles. The first-order valence-corrected chi connectivity index (χ1v) is 19.0. The van der Waals surface area contributed by atoms with Crippen LogP contribution in [0.4, 0.5) is 0 Å². The van der Waals surface area contributed by atoms with Crippen molar-refractivity contribution in [2.75, 3.05) is 13.7 Å². The minimum atomic E-state index is -0.455. The summed E-state index contributed by atoms with van der Waals surface area (Å²) in [6.45, 7) is 22.6. The summed E-state index contributed by atoms with van der Waals surface area (Å²) in [6.07, 6.45) is 13.5. The van der Waals surface area contributed by atoms with Crippen LogP contribution in [0.3, 0.4) is 0 Å². The number of hydrogen-bond donors (Lipinski definition) is 1. The van der Waals surface area contributed by atoms with Crippen molar-refractivity contribution in [3.63, 3.8) is 0 Å². The summed E-state index contributed by atoms with van der Waals surface area (Å²) >= 11 is 0. The molecule has 2 aromatic heterocycles. The number of aromatic amines is 1. The van der Waals surface area contributed by atoms with Gasteiger partial charge in [0.05, 0.1) is 24.8 Å². The molecule has 262 valence electrons. The molecule has 3 saturated carbocycles. The second-order valence-corrected chi connectivity index (χ2v) is 18.7. The lowest BCUT2D eigenvalue weighted by Crippen LogP contribution is -2.65. The summed E-state index contributed by atoms with van der Waals surface area (Å²) in [5, 5.41) is 8.31. The van der Waals surface area contributed by atoms with Crippen LogP contribution in [0, 0.1) is 51.8 Å². The zero-order chi connectivity index (χ0) is 34.5. The second-order valence-electron chi connectivity index (χ2n) is 18.7. The molecule has 0 amide bonds. The van der Waals surface area contributed by atoms with Gasteiger partial charge in [-0.15, -0.1) is 0 Å². The summed E-state index contributed by atoms with van der Waals surface area (Å²) in [4.78, 5) is 19.2. The van der Waals surface area contributed by atoms with Crippen molar-refractivity contribution >= 4 is 11.5 Å². The van der Waals surface area contributed by atoms with E-state index in [0.717, 1.165) is 57.8 Å². The highest BCUT2D eigenvalue weighted by atomic mass is 16.5. The summed E-state index contributed by atoms with van der Waals surface area (Å²) in [5.41, 5.74) is 8.07. The average molecular weight is 656 g/mol. The molecule has 6 nitrogen and oxygen atoms in total. The first-order valence-electron chi connectivity index (χ1n) is 19.0. The van der Waals surface area contributed by atoms with Crippen LogP contribution in [-0.2, 0) is 21.4 Å². The van der Waals surface area contributed by atoms with Crippen LogP contribution in [0.5, 0.6) is 5.88 Å². The van der Waals surface area contributed by atoms with Gasteiger partial charge in [0.25, 0.3) is 0 Å². The Bertz CT molecular complexity index is 1620. The largest absolute Gasteiger partial charge is 0.481 e. The second kappa shape index (κ2) is 11.2. The number of nitrogens with zero attached hydrogens (tertiary/aromatic N) is 2. The first kappa shape index (κ1) is 33.8. The van der Waals surface area contributed by atoms with E-state index in [9.17, 15) is 4.79 Å². The quantitative estimate of drug-likeness (QED) is 0.248. The molecule has 2 heterocycles. The Morgan fingerprint density at radius 2 is 1.75 bits per heavy atom. The molecule has 0 radical (unpaired) electrons. The zero-order valence-corrected chi connectivity index (χ0v) is 31.6. The number of H-pyrrole nitrogens is 1. The Kier molecular flexibility index (Phi) is 7.89. The summed E-state index contributed by atoms with van der Waals surface area (Å²) in [7, 11) is 1.69. The summed E-state index contributed by atoms with van der Waals surface area (Å²) in [5.74, 6) is 1.91. The van der Waals surface area contributed by atoms with Crippen LogP contribution >= 0.6 is 0 Å². The van der Waals surface area contributed by atoms with E-state index < -0.39 is 5.41 Å². The van der Waals surface area contributed by atoms with E-state index in [2.05, 4.69) is 79.7 Å². The molecule has 6 heteroatoms. The Morgan fingerprint density at radius 3 is 2.44 bits per heavy atom. The standard InChI is InChI=1S/C42H61N3O3/c1-11-12-21-48-36(46)42-19-17-37(3,4)24-30(42)34-28(27-13-14-33(47-10)43-25-27)22-32-39(7)23-29-26(2)44-45-35(29)38(5,6)31(39)15-16-40(32,8)41(34,9)18-20-42/h13-14,25,30-32H,11-12,15-24H2,1-10H3,(H,44,45)/t30-,31-,32?,39-,40+,41+,42-/m0/s1. The Labute approximate surface area is 289 Å². The van der Waals surface area contributed by atoms with E-state index in [4.69, 9.17) is 19.6 Å². The zero-order valence-electron chi connectivity index (χ0n) is 31.6. The number of rotatable bonds is 6. The van der Waals surface area contributed by atoms with Crippen LogP contribution in [0.1, 0.15) is 142 Å². The van der Waals surface area contributed by atoms with Crippen LogP contribution < -0.4 is 4.74 Å². The normalized spacial score (nSPS) is 37.8. The van der Waals surface area contributed by atoms with Gasteiger partial charge in [-0.25, -0.2) is 4.98 Å². The molecule has 1 N–H and O–H groups in total. The number of esters is 1. The van der Waals surface area contributed by atoms with E-state index in [1.54, 1.807) is 12.7 Å². The number of carbonyl (C=O) groups is 1. The molecule has 2 aromatic rings. The fourth-order valence-electron chi connectivity index (χ4n) is 12.7. The molecular weight excluding hydrogens is 594 g/mol. The van der Waals surface area contributed by atoms with Crippen LogP contribution in [-0.4, -0.2) is 34.9 Å². The summed E-state index contributed by atoms with van der Waals surface area (Å²) < 4.78 is 11.8. The van der Waals surface area contributed by atoms with Gasteiger partial charge in [0.15, 0.2) is 0 Å².